The van der Waals surface area contributed by atoms with Gasteiger partial charge in [-0.1, -0.05) is 12.1 Å². The fraction of sp³-hybridized carbons (Fsp3) is 0.0769. The third-order valence-electron chi connectivity index (χ3n) is 2.71. The van der Waals surface area contributed by atoms with Crippen LogP contribution in [0.1, 0.15) is 0 Å². The summed E-state index contributed by atoms with van der Waals surface area (Å²) in [6.45, 7) is 0. The van der Waals surface area contributed by atoms with Crippen LogP contribution in [-0.4, -0.2) is 22.0 Å². The van der Waals surface area contributed by atoms with Gasteiger partial charge in [0.2, 0.25) is 0 Å². The summed E-state index contributed by atoms with van der Waals surface area (Å²) in [4.78, 5) is 12.0. The molecule has 0 saturated carbocycles. The van der Waals surface area contributed by atoms with Crippen molar-refractivity contribution >= 4 is 16.9 Å². The maximum absolute atomic E-state index is 4.48. The number of hydrogen-bond acceptors (Lipinski definition) is 3. The first-order valence-electron chi connectivity index (χ1n) is 5.46. The van der Waals surface area contributed by atoms with Gasteiger partial charge in [-0.05, 0) is 24.3 Å². The number of pyridine rings is 1. The Morgan fingerprint density at radius 3 is 2.82 bits per heavy atom. The Morgan fingerprint density at radius 2 is 2.00 bits per heavy atom. The normalized spacial score (nSPS) is 10.6. The molecule has 0 aliphatic carbocycles. The zero-order valence-corrected chi connectivity index (χ0v) is 9.44. The van der Waals surface area contributed by atoms with Crippen LogP contribution in [0.5, 0.6) is 0 Å². The fourth-order valence-corrected chi connectivity index (χ4v) is 1.88. The first-order valence-corrected chi connectivity index (χ1v) is 5.46. The zero-order chi connectivity index (χ0) is 11.7. The van der Waals surface area contributed by atoms with Crippen LogP contribution in [0.3, 0.4) is 0 Å². The Kier molecular flexibility index (Phi) is 2.26. The van der Waals surface area contributed by atoms with Crippen molar-refractivity contribution in [2.24, 2.45) is 0 Å². The second kappa shape index (κ2) is 3.90. The van der Waals surface area contributed by atoms with Crippen LogP contribution in [-0.2, 0) is 0 Å². The quantitative estimate of drug-likeness (QED) is 0.703. The van der Waals surface area contributed by atoms with Gasteiger partial charge in [0.05, 0.1) is 5.52 Å². The second-order valence-corrected chi connectivity index (χ2v) is 3.76. The number of nitrogens with one attached hydrogen (secondary N) is 2. The molecular formula is C13H12N4. The number of fused-ring (bicyclic) bond motifs is 1. The van der Waals surface area contributed by atoms with Crippen LogP contribution < -0.4 is 5.32 Å². The molecule has 17 heavy (non-hydrogen) atoms. The second-order valence-electron chi connectivity index (χ2n) is 3.76. The molecule has 0 unspecified atom stereocenters. The van der Waals surface area contributed by atoms with Crippen LogP contribution in [0.4, 0.5) is 5.69 Å². The van der Waals surface area contributed by atoms with Gasteiger partial charge in [0, 0.05) is 24.5 Å². The van der Waals surface area contributed by atoms with Gasteiger partial charge in [-0.15, -0.1) is 0 Å². The van der Waals surface area contributed by atoms with Crippen molar-refractivity contribution in [2.75, 3.05) is 12.4 Å². The summed E-state index contributed by atoms with van der Waals surface area (Å²) >= 11 is 0. The van der Waals surface area contributed by atoms with Crippen LogP contribution in [0.15, 0.2) is 42.6 Å². The van der Waals surface area contributed by atoms with Gasteiger partial charge in [0.1, 0.15) is 5.82 Å². The Morgan fingerprint density at radius 1 is 1.12 bits per heavy atom. The van der Waals surface area contributed by atoms with Gasteiger partial charge in [-0.2, -0.15) is 0 Å². The maximum Gasteiger partial charge on any atom is 0.178 e. The van der Waals surface area contributed by atoms with Gasteiger partial charge in [0.15, 0.2) is 5.65 Å². The number of anilines is 1. The summed E-state index contributed by atoms with van der Waals surface area (Å²) in [5.74, 6) is 0.837. The number of hydrogen-bond donors (Lipinski definition) is 2. The SMILES string of the molecule is CNc1ccccc1-c1nc2ncccc2[nH]1. The van der Waals surface area contributed by atoms with E-state index >= 15 is 0 Å². The molecule has 84 valence electrons. The van der Waals surface area contributed by atoms with E-state index < -0.39 is 0 Å². The molecule has 0 saturated heterocycles. The van der Waals surface area contributed by atoms with E-state index in [4.69, 9.17) is 0 Å². The highest BCUT2D eigenvalue weighted by Crippen LogP contribution is 2.26. The Labute approximate surface area is 98.7 Å². The molecule has 4 nitrogen and oxygen atoms in total. The number of benzene rings is 1. The molecular weight excluding hydrogens is 212 g/mol. The predicted molar refractivity (Wildman–Crippen MR) is 68.9 cm³/mol. The zero-order valence-electron chi connectivity index (χ0n) is 9.44. The van der Waals surface area contributed by atoms with Gasteiger partial charge in [-0.25, -0.2) is 9.97 Å². The van der Waals surface area contributed by atoms with E-state index in [0.717, 1.165) is 28.2 Å². The summed E-state index contributed by atoms with van der Waals surface area (Å²) in [6, 6.07) is 11.9. The summed E-state index contributed by atoms with van der Waals surface area (Å²) in [6.07, 6.45) is 1.75. The van der Waals surface area contributed by atoms with Crippen LogP contribution >= 0.6 is 0 Å². The van der Waals surface area contributed by atoms with E-state index in [0.29, 0.717) is 0 Å². The molecule has 0 bridgehead atoms. The van der Waals surface area contributed by atoms with Crippen molar-refractivity contribution in [3.05, 3.63) is 42.6 Å². The summed E-state index contributed by atoms with van der Waals surface area (Å²) in [5.41, 5.74) is 3.79. The average molecular weight is 224 g/mol. The minimum absolute atomic E-state index is 0.744. The Balaban J connectivity index is 2.20. The molecule has 0 radical (unpaired) electrons. The van der Waals surface area contributed by atoms with E-state index in [2.05, 4.69) is 20.3 Å². The number of H-pyrrole nitrogens is 1. The number of aromatic nitrogens is 3. The van der Waals surface area contributed by atoms with Crippen LogP contribution in [0, 0.1) is 0 Å². The summed E-state index contributed by atoms with van der Waals surface area (Å²) in [7, 11) is 1.90. The molecule has 2 aromatic heterocycles. The molecule has 0 fully saturated rings. The van der Waals surface area contributed by atoms with Crippen molar-refractivity contribution in [1.29, 1.82) is 0 Å². The molecule has 2 N–H and O–H groups in total. The molecule has 0 amide bonds. The molecule has 0 atom stereocenters. The third-order valence-corrected chi connectivity index (χ3v) is 2.71. The molecule has 3 rings (SSSR count). The first-order chi connectivity index (χ1) is 8.38. The lowest BCUT2D eigenvalue weighted by Gasteiger charge is -2.05. The molecule has 0 aliphatic heterocycles. The van der Waals surface area contributed by atoms with Crippen LogP contribution in [0.2, 0.25) is 0 Å². The fourth-order valence-electron chi connectivity index (χ4n) is 1.88. The van der Waals surface area contributed by atoms with Crippen molar-refractivity contribution in [2.45, 2.75) is 0 Å². The summed E-state index contributed by atoms with van der Waals surface area (Å²) < 4.78 is 0. The highest BCUT2D eigenvalue weighted by atomic mass is 15.0. The summed E-state index contributed by atoms with van der Waals surface area (Å²) in [5, 5.41) is 3.16. The maximum atomic E-state index is 4.48. The monoisotopic (exact) mass is 224 g/mol. The van der Waals surface area contributed by atoms with Gasteiger partial charge >= 0.3 is 0 Å². The molecule has 2 heterocycles. The first kappa shape index (κ1) is 9.84. The number of para-hydroxylation sites is 1. The molecule has 1 aromatic carbocycles. The van der Waals surface area contributed by atoms with Gasteiger partial charge < -0.3 is 10.3 Å². The van der Waals surface area contributed by atoms with Gasteiger partial charge in [-0.3, -0.25) is 0 Å². The topological polar surface area (TPSA) is 53.6 Å². The molecule has 4 heteroatoms. The third kappa shape index (κ3) is 1.63. The minimum Gasteiger partial charge on any atom is -0.388 e. The van der Waals surface area contributed by atoms with Crippen LogP contribution in [0.25, 0.3) is 22.6 Å². The molecule has 3 aromatic rings. The number of aromatic amines is 1. The lowest BCUT2D eigenvalue weighted by molar-refractivity contribution is 1.30. The Hall–Kier alpha value is -2.36. The molecule has 0 spiro atoms. The largest absolute Gasteiger partial charge is 0.388 e. The number of imidazole rings is 1. The van der Waals surface area contributed by atoms with Crippen molar-refractivity contribution in [3.63, 3.8) is 0 Å². The smallest absolute Gasteiger partial charge is 0.178 e. The predicted octanol–water partition coefficient (Wildman–Crippen LogP) is 2.67. The number of nitrogens with zero attached hydrogens (tertiary/aromatic N) is 2. The van der Waals surface area contributed by atoms with Gasteiger partial charge in [0.25, 0.3) is 0 Å². The van der Waals surface area contributed by atoms with E-state index in [1.165, 1.54) is 0 Å². The van der Waals surface area contributed by atoms with Crippen molar-refractivity contribution < 1.29 is 0 Å². The van der Waals surface area contributed by atoms with E-state index in [-0.39, 0.29) is 0 Å². The van der Waals surface area contributed by atoms with Crippen molar-refractivity contribution in [3.8, 4) is 11.4 Å². The van der Waals surface area contributed by atoms with E-state index in [9.17, 15) is 0 Å². The standard InChI is InChI=1S/C13H12N4/c1-14-10-6-3-2-5-9(10)12-16-11-7-4-8-15-13(11)17-12/h2-8,14H,1H3,(H,15,16,17). The average Bonchev–Trinajstić information content (AvgIpc) is 2.82. The lowest BCUT2D eigenvalue weighted by Crippen LogP contribution is -1.92. The highest BCUT2D eigenvalue weighted by Gasteiger charge is 2.08. The van der Waals surface area contributed by atoms with E-state index in [1.54, 1.807) is 6.20 Å². The minimum atomic E-state index is 0.744. The lowest BCUT2D eigenvalue weighted by atomic mass is 10.1. The van der Waals surface area contributed by atoms with Crippen molar-refractivity contribution in [1.82, 2.24) is 15.0 Å². The highest BCUT2D eigenvalue weighted by molar-refractivity contribution is 5.80. The Bertz CT molecular complexity index is 624. The molecule has 0 aliphatic rings. The van der Waals surface area contributed by atoms with E-state index in [1.807, 2.05) is 43.4 Å². The number of rotatable bonds is 2.